The lowest BCUT2D eigenvalue weighted by atomic mass is 9.70. The third-order valence-corrected chi connectivity index (χ3v) is 7.23. The lowest BCUT2D eigenvalue weighted by molar-refractivity contribution is -0.141. The molecule has 1 spiro atoms. The van der Waals surface area contributed by atoms with Crippen molar-refractivity contribution in [3.8, 4) is 0 Å². The van der Waals surface area contributed by atoms with E-state index in [4.69, 9.17) is 0 Å². The van der Waals surface area contributed by atoms with Crippen molar-refractivity contribution in [2.24, 2.45) is 18.4 Å². The third kappa shape index (κ3) is 3.65. The first kappa shape index (κ1) is 20.2. The lowest BCUT2D eigenvalue weighted by Crippen LogP contribution is -2.64. The second-order valence-corrected chi connectivity index (χ2v) is 9.57. The van der Waals surface area contributed by atoms with Crippen LogP contribution in [-0.4, -0.2) is 75.6 Å². The van der Waals surface area contributed by atoms with Gasteiger partial charge in [0, 0.05) is 64.5 Å². The number of carbonyl (C=O) groups is 2. The number of hydrogen-bond acceptors (Lipinski definition) is 4. The topological polar surface area (TPSA) is 61.7 Å². The standard InChI is InChI=1S/C24H31N5O2/c1-18-20(13-26(2)25-18)22(30)29-16-24(17-29)15-27(12-19-8-4-3-5-9-19)14-21(24)23(31)28-10-6-7-11-28/h3-5,8-9,13,21H,6-7,10-12,14-17H2,1-2H3. The van der Waals surface area contributed by atoms with Crippen LogP contribution in [0.25, 0.3) is 0 Å². The minimum Gasteiger partial charge on any atom is -0.342 e. The molecular formula is C24H31N5O2. The van der Waals surface area contributed by atoms with E-state index in [0.29, 0.717) is 18.7 Å². The largest absolute Gasteiger partial charge is 0.342 e. The SMILES string of the molecule is Cc1nn(C)cc1C(=O)N1CC2(CN(Cc3ccccc3)CC2C(=O)N2CCCC2)C1. The van der Waals surface area contributed by atoms with E-state index in [1.54, 1.807) is 10.9 Å². The average molecular weight is 422 g/mol. The number of aryl methyl sites for hydroxylation is 2. The Labute approximate surface area is 183 Å². The molecule has 7 heteroatoms. The molecular weight excluding hydrogens is 390 g/mol. The molecule has 3 aliphatic rings. The minimum absolute atomic E-state index is 0.0325. The molecule has 1 unspecified atom stereocenters. The summed E-state index contributed by atoms with van der Waals surface area (Å²) >= 11 is 0. The predicted octanol–water partition coefficient (Wildman–Crippen LogP) is 1.93. The van der Waals surface area contributed by atoms with E-state index in [9.17, 15) is 9.59 Å². The molecule has 1 aromatic heterocycles. The quantitative estimate of drug-likeness (QED) is 0.757. The van der Waals surface area contributed by atoms with Crippen LogP contribution < -0.4 is 0 Å². The fourth-order valence-electron chi connectivity index (χ4n) is 5.69. The van der Waals surface area contributed by atoms with Crippen LogP contribution in [0.5, 0.6) is 0 Å². The highest BCUT2D eigenvalue weighted by atomic mass is 16.2. The number of rotatable bonds is 4. The van der Waals surface area contributed by atoms with Crippen LogP contribution >= 0.6 is 0 Å². The Hall–Kier alpha value is -2.67. The van der Waals surface area contributed by atoms with Crippen molar-refractivity contribution < 1.29 is 9.59 Å². The molecule has 0 radical (unpaired) electrons. The number of amides is 2. The highest BCUT2D eigenvalue weighted by Crippen LogP contribution is 2.46. The molecule has 1 aromatic carbocycles. The van der Waals surface area contributed by atoms with Gasteiger partial charge in [0.2, 0.25) is 5.91 Å². The molecule has 4 heterocycles. The van der Waals surface area contributed by atoms with Gasteiger partial charge in [-0.2, -0.15) is 5.10 Å². The summed E-state index contributed by atoms with van der Waals surface area (Å²) in [6, 6.07) is 10.4. The molecule has 31 heavy (non-hydrogen) atoms. The maximum atomic E-state index is 13.4. The monoisotopic (exact) mass is 421 g/mol. The van der Waals surface area contributed by atoms with Gasteiger partial charge in [0.15, 0.2) is 0 Å². The summed E-state index contributed by atoms with van der Waals surface area (Å²) in [7, 11) is 1.84. The molecule has 0 aliphatic carbocycles. The highest BCUT2D eigenvalue weighted by Gasteiger charge is 2.58. The number of hydrogen-bond donors (Lipinski definition) is 0. The first-order valence-corrected chi connectivity index (χ1v) is 11.3. The maximum Gasteiger partial charge on any atom is 0.257 e. The van der Waals surface area contributed by atoms with Crippen LogP contribution in [0, 0.1) is 18.3 Å². The Morgan fingerprint density at radius 1 is 1.06 bits per heavy atom. The fraction of sp³-hybridized carbons (Fsp3) is 0.542. The molecule has 3 saturated heterocycles. The van der Waals surface area contributed by atoms with Crippen LogP contribution in [-0.2, 0) is 18.4 Å². The normalized spacial score (nSPS) is 22.8. The average Bonchev–Trinajstić information content (AvgIpc) is 3.45. The summed E-state index contributed by atoms with van der Waals surface area (Å²) in [5, 5.41) is 4.32. The van der Waals surface area contributed by atoms with Gasteiger partial charge >= 0.3 is 0 Å². The van der Waals surface area contributed by atoms with Crippen molar-refractivity contribution in [3.63, 3.8) is 0 Å². The molecule has 3 aliphatic heterocycles. The molecule has 7 nitrogen and oxygen atoms in total. The number of likely N-dealkylation sites (tertiary alicyclic amines) is 3. The van der Waals surface area contributed by atoms with Crippen LogP contribution in [0.2, 0.25) is 0 Å². The van der Waals surface area contributed by atoms with Gasteiger partial charge in [-0.1, -0.05) is 30.3 Å². The van der Waals surface area contributed by atoms with Crippen molar-refractivity contribution in [1.82, 2.24) is 24.5 Å². The van der Waals surface area contributed by atoms with E-state index in [-0.39, 0.29) is 23.1 Å². The van der Waals surface area contributed by atoms with Crippen LogP contribution in [0.1, 0.15) is 34.5 Å². The Bertz CT molecular complexity index is 973. The van der Waals surface area contributed by atoms with E-state index in [0.717, 1.165) is 51.3 Å². The first-order valence-electron chi connectivity index (χ1n) is 11.3. The van der Waals surface area contributed by atoms with Crippen molar-refractivity contribution in [3.05, 3.63) is 53.3 Å². The van der Waals surface area contributed by atoms with Gasteiger partial charge in [-0.3, -0.25) is 19.2 Å². The second-order valence-electron chi connectivity index (χ2n) is 9.57. The Kier molecular flexibility index (Phi) is 5.08. The third-order valence-electron chi connectivity index (χ3n) is 7.23. The lowest BCUT2D eigenvalue weighted by Gasteiger charge is -2.51. The van der Waals surface area contributed by atoms with E-state index in [1.165, 1.54) is 5.56 Å². The van der Waals surface area contributed by atoms with Crippen molar-refractivity contribution in [2.75, 3.05) is 39.3 Å². The Balaban J connectivity index is 1.34. The van der Waals surface area contributed by atoms with E-state index < -0.39 is 0 Å². The van der Waals surface area contributed by atoms with Gasteiger partial charge in [-0.05, 0) is 25.3 Å². The van der Waals surface area contributed by atoms with Crippen molar-refractivity contribution >= 4 is 11.8 Å². The summed E-state index contributed by atoms with van der Waals surface area (Å²) in [5.74, 6) is 0.288. The molecule has 0 N–H and O–H groups in total. The Morgan fingerprint density at radius 2 is 1.77 bits per heavy atom. The van der Waals surface area contributed by atoms with E-state index in [2.05, 4.69) is 34.3 Å². The number of carbonyl (C=O) groups excluding carboxylic acids is 2. The summed E-state index contributed by atoms with van der Waals surface area (Å²) in [4.78, 5) is 32.9. The first-order chi connectivity index (χ1) is 14.9. The molecule has 2 amide bonds. The zero-order valence-corrected chi connectivity index (χ0v) is 18.5. The van der Waals surface area contributed by atoms with Gasteiger partial charge in [0.05, 0.1) is 17.2 Å². The number of aromatic nitrogens is 2. The van der Waals surface area contributed by atoms with Gasteiger partial charge in [-0.25, -0.2) is 0 Å². The molecule has 1 atom stereocenters. The summed E-state index contributed by atoms with van der Waals surface area (Å²) in [6.45, 7) is 7.41. The van der Waals surface area contributed by atoms with E-state index >= 15 is 0 Å². The predicted molar refractivity (Wildman–Crippen MR) is 117 cm³/mol. The molecule has 0 saturated carbocycles. The number of nitrogens with zero attached hydrogens (tertiary/aromatic N) is 5. The van der Waals surface area contributed by atoms with Gasteiger partial charge in [0.25, 0.3) is 5.91 Å². The molecule has 0 bridgehead atoms. The van der Waals surface area contributed by atoms with Gasteiger partial charge in [0.1, 0.15) is 0 Å². The highest BCUT2D eigenvalue weighted by molar-refractivity contribution is 5.96. The van der Waals surface area contributed by atoms with Crippen LogP contribution in [0.4, 0.5) is 0 Å². The van der Waals surface area contributed by atoms with Crippen LogP contribution in [0.15, 0.2) is 36.5 Å². The molecule has 164 valence electrons. The molecule has 2 aromatic rings. The van der Waals surface area contributed by atoms with Crippen molar-refractivity contribution in [2.45, 2.75) is 26.3 Å². The zero-order valence-electron chi connectivity index (χ0n) is 18.5. The van der Waals surface area contributed by atoms with Crippen molar-refractivity contribution in [1.29, 1.82) is 0 Å². The summed E-state index contributed by atoms with van der Waals surface area (Å²) < 4.78 is 1.69. The molecule has 5 rings (SSSR count). The molecule has 3 fully saturated rings. The Morgan fingerprint density at radius 3 is 2.42 bits per heavy atom. The van der Waals surface area contributed by atoms with Crippen LogP contribution in [0.3, 0.4) is 0 Å². The second kappa shape index (κ2) is 7.79. The number of benzene rings is 1. The van der Waals surface area contributed by atoms with Gasteiger partial charge in [-0.15, -0.1) is 0 Å². The van der Waals surface area contributed by atoms with E-state index in [1.807, 2.05) is 29.8 Å². The van der Waals surface area contributed by atoms with Gasteiger partial charge < -0.3 is 9.80 Å². The summed E-state index contributed by atoms with van der Waals surface area (Å²) in [6.07, 6.45) is 4.00. The smallest absolute Gasteiger partial charge is 0.257 e. The fourth-order valence-corrected chi connectivity index (χ4v) is 5.69. The zero-order chi connectivity index (χ0) is 21.6. The maximum absolute atomic E-state index is 13.4. The minimum atomic E-state index is -0.139. The summed E-state index contributed by atoms with van der Waals surface area (Å²) in [5.41, 5.74) is 2.56.